The van der Waals surface area contributed by atoms with Crippen LogP contribution in [-0.2, 0) is 19.3 Å². The summed E-state index contributed by atoms with van der Waals surface area (Å²) < 4.78 is 35.9. The molecular weight excluding hydrogens is 469 g/mol. The molecule has 2 aromatic rings. The lowest BCUT2D eigenvalue weighted by atomic mass is 9.84. The molecule has 1 fully saturated rings. The number of nitrogens with zero attached hydrogens (tertiary/aromatic N) is 4. The molecule has 34 heavy (non-hydrogen) atoms. The largest absolute Gasteiger partial charge is 0.416 e. The zero-order chi connectivity index (χ0) is 25.7. The van der Waals surface area contributed by atoms with E-state index in [-0.39, 0.29) is 27.9 Å². The van der Waals surface area contributed by atoms with Crippen LogP contribution in [0.1, 0.15) is 41.5 Å². The molecule has 2 aromatic heterocycles. The van der Waals surface area contributed by atoms with Crippen molar-refractivity contribution in [3.8, 4) is 0 Å². The fourth-order valence-corrected chi connectivity index (χ4v) is 5.70. The minimum absolute atomic E-state index is 0.0308. The van der Waals surface area contributed by atoms with E-state index in [1.807, 2.05) is 0 Å². The first-order chi connectivity index (χ1) is 15.5. The highest BCUT2D eigenvalue weighted by Gasteiger charge is 2.59. The van der Waals surface area contributed by atoms with Gasteiger partial charge in [0.25, 0.3) is 0 Å². The number of anilines is 1. The maximum Gasteiger partial charge on any atom is 0.192 e. The normalized spacial score (nSPS) is 24.4. The van der Waals surface area contributed by atoms with Crippen LogP contribution in [0, 0.1) is 5.92 Å². The van der Waals surface area contributed by atoms with Crippen molar-refractivity contribution in [2.75, 3.05) is 25.6 Å². The molecule has 1 aliphatic rings. The quantitative estimate of drug-likeness (QED) is 0.493. The molecule has 0 radical (unpaired) electrons. The fraction of sp³-hybridized carbons (Fsp3) is 0.783. The summed E-state index contributed by atoms with van der Waals surface area (Å²) in [6.07, 6.45) is 2.59. The molecule has 3 atom stereocenters. The van der Waals surface area contributed by atoms with Gasteiger partial charge in [0, 0.05) is 6.61 Å². The summed E-state index contributed by atoms with van der Waals surface area (Å²) in [5, 5.41) is 0.0937. The van der Waals surface area contributed by atoms with Gasteiger partial charge in [0.1, 0.15) is 24.8 Å². The lowest BCUT2D eigenvalue weighted by molar-refractivity contribution is -0.325. The van der Waals surface area contributed by atoms with Crippen LogP contribution in [0.3, 0.4) is 0 Å². The molecule has 192 valence electrons. The minimum atomic E-state index is -2.08. The number of hydrogen-bond donors (Lipinski definition) is 1. The Morgan fingerprint density at radius 3 is 2.09 bits per heavy atom. The van der Waals surface area contributed by atoms with E-state index in [1.54, 1.807) is 10.9 Å². The predicted molar refractivity (Wildman–Crippen MR) is 138 cm³/mol. The summed E-state index contributed by atoms with van der Waals surface area (Å²) in [5.41, 5.74) is 5.73. The van der Waals surface area contributed by atoms with Gasteiger partial charge in [-0.25, -0.2) is 19.3 Å². The van der Waals surface area contributed by atoms with Crippen LogP contribution in [0.4, 0.5) is 10.2 Å². The predicted octanol–water partition coefficient (Wildman–Crippen LogP) is 5.09. The Balaban J connectivity index is 1.95. The van der Waals surface area contributed by atoms with Crippen molar-refractivity contribution >= 4 is 33.6 Å². The molecule has 0 aromatic carbocycles. The van der Waals surface area contributed by atoms with Crippen molar-refractivity contribution in [3.63, 3.8) is 0 Å². The van der Waals surface area contributed by atoms with E-state index in [1.165, 1.54) is 6.33 Å². The summed E-state index contributed by atoms with van der Waals surface area (Å²) >= 11 is 0. The number of hydrogen-bond acceptors (Lipinski definition) is 7. The number of alkyl halides is 1. The summed E-state index contributed by atoms with van der Waals surface area (Å²) in [5.74, 6) is -0.0441. The van der Waals surface area contributed by atoms with Gasteiger partial charge in [-0.15, -0.1) is 0 Å². The van der Waals surface area contributed by atoms with Crippen LogP contribution in [0.25, 0.3) is 11.2 Å². The van der Waals surface area contributed by atoms with Crippen LogP contribution in [-0.4, -0.2) is 62.1 Å². The fourth-order valence-electron chi connectivity index (χ4n) is 3.65. The first-order valence-corrected chi connectivity index (χ1v) is 17.7. The standard InChI is InChI=1S/C23H42FN5O3Si2/c1-21(2,3)33(7,8)30-11-16-17(12-31-34(9,10)22(4,5)6)32-23(16,13-24)29-15-28-20-18(29)19(25)26-14-27-20/h14-17H,11-13H2,1-10H3,(H2,25,26,27)/t16-,17-,23-/m1/s1. The first kappa shape index (κ1) is 27.2. The second-order valence-corrected chi connectivity index (χ2v) is 22.0. The second kappa shape index (κ2) is 8.91. The van der Waals surface area contributed by atoms with Crippen molar-refractivity contribution in [1.82, 2.24) is 19.5 Å². The Bertz CT molecular complexity index is 1020. The highest BCUT2D eigenvalue weighted by atomic mass is 28.4. The summed E-state index contributed by atoms with van der Waals surface area (Å²) in [4.78, 5) is 12.6. The molecule has 0 saturated carbocycles. The molecule has 0 amide bonds. The van der Waals surface area contributed by atoms with Gasteiger partial charge in [0.05, 0.1) is 18.6 Å². The Morgan fingerprint density at radius 2 is 1.56 bits per heavy atom. The monoisotopic (exact) mass is 511 g/mol. The topological polar surface area (TPSA) is 97.3 Å². The number of ether oxygens (including phenoxy) is 1. The van der Waals surface area contributed by atoms with E-state index in [0.717, 1.165) is 0 Å². The van der Waals surface area contributed by atoms with E-state index in [4.69, 9.17) is 19.3 Å². The van der Waals surface area contributed by atoms with Gasteiger partial charge in [-0.05, 0) is 36.3 Å². The molecule has 11 heteroatoms. The van der Waals surface area contributed by atoms with Crippen LogP contribution < -0.4 is 5.73 Å². The van der Waals surface area contributed by atoms with E-state index >= 15 is 0 Å². The van der Waals surface area contributed by atoms with Crippen molar-refractivity contribution in [1.29, 1.82) is 0 Å². The molecule has 3 heterocycles. The molecule has 8 nitrogen and oxygen atoms in total. The second-order valence-electron chi connectivity index (χ2n) is 12.4. The summed E-state index contributed by atoms with van der Waals surface area (Å²) in [6, 6.07) is 0. The Kier molecular flexibility index (Phi) is 7.13. The first-order valence-electron chi connectivity index (χ1n) is 11.9. The van der Waals surface area contributed by atoms with E-state index in [2.05, 4.69) is 82.7 Å². The van der Waals surface area contributed by atoms with E-state index < -0.39 is 29.0 Å². The number of nitrogens with two attached hydrogens (primary N) is 1. The average Bonchev–Trinajstić information content (AvgIpc) is 3.11. The van der Waals surface area contributed by atoms with Gasteiger partial charge >= 0.3 is 0 Å². The summed E-state index contributed by atoms with van der Waals surface area (Å²) in [7, 11) is -4.09. The third kappa shape index (κ3) is 4.69. The zero-order valence-electron chi connectivity index (χ0n) is 22.4. The number of aromatic nitrogens is 4. The van der Waals surface area contributed by atoms with Gasteiger partial charge in [-0.2, -0.15) is 0 Å². The highest BCUT2D eigenvalue weighted by molar-refractivity contribution is 6.74. The Hall–Kier alpha value is -1.41. The van der Waals surface area contributed by atoms with Crippen molar-refractivity contribution < 1.29 is 18.0 Å². The smallest absolute Gasteiger partial charge is 0.192 e. The summed E-state index contributed by atoms with van der Waals surface area (Å²) in [6.45, 7) is 22.0. The SMILES string of the molecule is CC(C)(C)[Si](C)(C)OC[C@@H]1[C@@H](CO[Si](C)(C)C(C)(C)C)O[C@@]1(CF)n1cnc2ncnc(N)c21. The molecule has 1 aliphatic heterocycles. The molecular formula is C23H42FN5O3Si2. The number of fused-ring (bicyclic) bond motifs is 1. The van der Waals surface area contributed by atoms with Gasteiger partial charge < -0.3 is 19.3 Å². The van der Waals surface area contributed by atoms with Crippen LogP contribution in [0.15, 0.2) is 12.7 Å². The van der Waals surface area contributed by atoms with E-state index in [0.29, 0.717) is 24.4 Å². The number of nitrogen functional groups attached to an aromatic ring is 1. The average molecular weight is 512 g/mol. The van der Waals surface area contributed by atoms with Gasteiger partial charge in [0.15, 0.2) is 33.8 Å². The van der Waals surface area contributed by atoms with Crippen LogP contribution >= 0.6 is 0 Å². The highest BCUT2D eigenvalue weighted by Crippen LogP contribution is 2.48. The number of imidazole rings is 1. The van der Waals surface area contributed by atoms with Crippen LogP contribution in [0.2, 0.25) is 36.3 Å². The van der Waals surface area contributed by atoms with Crippen molar-refractivity contribution in [2.45, 2.75) is 89.6 Å². The molecule has 0 unspecified atom stereocenters. The van der Waals surface area contributed by atoms with Crippen molar-refractivity contribution in [2.24, 2.45) is 5.92 Å². The molecule has 0 bridgehead atoms. The maximum absolute atomic E-state index is 14.9. The Labute approximate surface area is 205 Å². The third-order valence-electron chi connectivity index (χ3n) is 8.20. The van der Waals surface area contributed by atoms with E-state index in [9.17, 15) is 4.39 Å². The molecule has 3 rings (SSSR count). The number of rotatable bonds is 8. The molecule has 0 spiro atoms. The van der Waals surface area contributed by atoms with Crippen LogP contribution in [0.5, 0.6) is 0 Å². The minimum Gasteiger partial charge on any atom is -0.416 e. The molecule has 2 N–H and O–H groups in total. The van der Waals surface area contributed by atoms with Gasteiger partial charge in [-0.1, -0.05) is 41.5 Å². The lowest BCUT2D eigenvalue weighted by Crippen LogP contribution is -2.66. The lowest BCUT2D eigenvalue weighted by Gasteiger charge is -2.55. The maximum atomic E-state index is 14.9. The van der Waals surface area contributed by atoms with Gasteiger partial charge in [0.2, 0.25) is 0 Å². The Morgan fingerprint density at radius 1 is 1.00 bits per heavy atom. The molecule has 0 aliphatic carbocycles. The van der Waals surface area contributed by atoms with Crippen molar-refractivity contribution in [3.05, 3.63) is 12.7 Å². The zero-order valence-corrected chi connectivity index (χ0v) is 24.4. The molecule has 1 saturated heterocycles. The number of halogens is 1. The third-order valence-corrected chi connectivity index (χ3v) is 17.2. The van der Waals surface area contributed by atoms with Gasteiger partial charge in [-0.3, -0.25) is 4.57 Å².